The van der Waals surface area contributed by atoms with Crippen LogP contribution in [0, 0.1) is 11.3 Å². The van der Waals surface area contributed by atoms with Gasteiger partial charge in [-0.2, -0.15) is 5.26 Å². The van der Waals surface area contributed by atoms with Gasteiger partial charge in [-0.15, -0.1) is 0 Å². The Morgan fingerprint density at radius 2 is 1.81 bits per heavy atom. The van der Waals surface area contributed by atoms with Gasteiger partial charge < -0.3 is 4.74 Å². The summed E-state index contributed by atoms with van der Waals surface area (Å²) in [4.78, 5) is 12.0. The standard InChI is InChI=1S/C17H12BrNO2/c18-15-6-4-14(5-7-15)17(20)10-3-13-1-8-16(9-2-13)21-12-11-19/h1-10H,12H2/b10-3+. The summed E-state index contributed by atoms with van der Waals surface area (Å²) in [6, 6.07) is 16.3. The number of carbonyl (C=O) groups excluding carboxylic acids is 1. The van der Waals surface area contributed by atoms with Crippen molar-refractivity contribution in [3.8, 4) is 11.8 Å². The molecular formula is C17H12BrNO2. The number of halogens is 1. The van der Waals surface area contributed by atoms with Crippen LogP contribution in [-0.2, 0) is 0 Å². The molecule has 3 nitrogen and oxygen atoms in total. The summed E-state index contributed by atoms with van der Waals surface area (Å²) >= 11 is 3.33. The van der Waals surface area contributed by atoms with Crippen LogP contribution >= 0.6 is 15.9 Å². The van der Waals surface area contributed by atoms with Crippen LogP contribution in [0.4, 0.5) is 0 Å². The SMILES string of the molecule is N#CCOc1ccc(/C=C/C(=O)c2ccc(Br)cc2)cc1. The van der Waals surface area contributed by atoms with Crippen molar-refractivity contribution in [1.29, 1.82) is 5.26 Å². The van der Waals surface area contributed by atoms with Crippen molar-refractivity contribution in [2.24, 2.45) is 0 Å². The molecule has 4 heteroatoms. The maximum atomic E-state index is 12.0. The van der Waals surface area contributed by atoms with Crippen LogP contribution < -0.4 is 4.74 Å². The second-order valence-corrected chi connectivity index (χ2v) is 5.14. The number of carbonyl (C=O) groups is 1. The molecule has 0 aliphatic rings. The van der Waals surface area contributed by atoms with Crippen molar-refractivity contribution in [2.75, 3.05) is 6.61 Å². The van der Waals surface area contributed by atoms with Gasteiger partial charge in [0.05, 0.1) is 0 Å². The molecule has 0 aliphatic carbocycles. The summed E-state index contributed by atoms with van der Waals surface area (Å²) in [5.74, 6) is 0.584. The van der Waals surface area contributed by atoms with E-state index in [1.54, 1.807) is 30.3 Å². The van der Waals surface area contributed by atoms with Gasteiger partial charge in [-0.05, 0) is 48.0 Å². The van der Waals surface area contributed by atoms with Crippen molar-refractivity contribution >= 4 is 27.8 Å². The summed E-state index contributed by atoms with van der Waals surface area (Å²) < 4.78 is 6.10. The predicted molar refractivity (Wildman–Crippen MR) is 85.1 cm³/mol. The smallest absolute Gasteiger partial charge is 0.185 e. The Labute approximate surface area is 131 Å². The van der Waals surface area contributed by atoms with E-state index < -0.39 is 0 Å². The fourth-order valence-corrected chi connectivity index (χ4v) is 1.94. The largest absolute Gasteiger partial charge is 0.479 e. The van der Waals surface area contributed by atoms with Gasteiger partial charge in [0.2, 0.25) is 0 Å². The maximum Gasteiger partial charge on any atom is 0.185 e. The molecule has 21 heavy (non-hydrogen) atoms. The zero-order chi connectivity index (χ0) is 15.1. The van der Waals surface area contributed by atoms with E-state index in [-0.39, 0.29) is 12.4 Å². The first-order chi connectivity index (χ1) is 10.2. The fourth-order valence-electron chi connectivity index (χ4n) is 1.67. The molecular weight excluding hydrogens is 330 g/mol. The number of rotatable bonds is 5. The Morgan fingerprint density at radius 1 is 1.14 bits per heavy atom. The lowest BCUT2D eigenvalue weighted by Crippen LogP contribution is -1.94. The van der Waals surface area contributed by atoms with Crippen molar-refractivity contribution in [2.45, 2.75) is 0 Å². The first-order valence-electron chi connectivity index (χ1n) is 6.27. The molecule has 2 rings (SSSR count). The van der Waals surface area contributed by atoms with Crippen LogP contribution in [0.5, 0.6) is 5.75 Å². The van der Waals surface area contributed by atoms with E-state index in [9.17, 15) is 4.79 Å². The van der Waals surface area contributed by atoms with Crippen molar-refractivity contribution in [1.82, 2.24) is 0 Å². The Kier molecular flexibility index (Phi) is 5.30. The van der Waals surface area contributed by atoms with Crippen LogP contribution in [-0.4, -0.2) is 12.4 Å². The molecule has 0 bridgehead atoms. The zero-order valence-electron chi connectivity index (χ0n) is 11.1. The topological polar surface area (TPSA) is 50.1 Å². The number of hydrogen-bond donors (Lipinski definition) is 0. The van der Waals surface area contributed by atoms with Crippen LogP contribution in [0.25, 0.3) is 6.08 Å². The number of nitrogens with zero attached hydrogens (tertiary/aromatic N) is 1. The van der Waals surface area contributed by atoms with E-state index in [1.165, 1.54) is 6.08 Å². The van der Waals surface area contributed by atoms with Crippen molar-refractivity contribution in [3.05, 3.63) is 70.2 Å². The molecule has 2 aromatic carbocycles. The van der Waals surface area contributed by atoms with E-state index >= 15 is 0 Å². The third-order valence-corrected chi connectivity index (χ3v) is 3.27. The molecule has 0 spiro atoms. The normalized spacial score (nSPS) is 10.3. The van der Waals surface area contributed by atoms with Crippen molar-refractivity contribution < 1.29 is 9.53 Å². The van der Waals surface area contributed by atoms with E-state index in [1.807, 2.05) is 30.3 Å². The molecule has 0 aliphatic heterocycles. The number of allylic oxidation sites excluding steroid dienone is 1. The van der Waals surface area contributed by atoms with Gasteiger partial charge in [-0.25, -0.2) is 0 Å². The predicted octanol–water partition coefficient (Wildman–Crippen LogP) is 4.25. The number of hydrogen-bond acceptors (Lipinski definition) is 3. The Balaban J connectivity index is 2.02. The van der Waals surface area contributed by atoms with Crippen LogP contribution in [0.15, 0.2) is 59.1 Å². The second kappa shape index (κ2) is 7.41. The Morgan fingerprint density at radius 3 is 2.43 bits per heavy atom. The molecule has 0 saturated heterocycles. The first kappa shape index (κ1) is 15.0. The minimum absolute atomic E-state index is 0.0250. The molecule has 0 heterocycles. The molecule has 0 atom stereocenters. The summed E-state index contributed by atoms with van der Waals surface area (Å²) in [6.07, 6.45) is 3.28. The highest BCUT2D eigenvalue weighted by atomic mass is 79.9. The average molecular weight is 342 g/mol. The summed E-state index contributed by atoms with van der Waals surface area (Å²) in [5, 5.41) is 8.43. The lowest BCUT2D eigenvalue weighted by molar-refractivity contribution is 0.104. The lowest BCUT2D eigenvalue weighted by atomic mass is 10.1. The van der Waals surface area contributed by atoms with Crippen LogP contribution in [0.3, 0.4) is 0 Å². The minimum Gasteiger partial charge on any atom is -0.479 e. The number of benzene rings is 2. The van der Waals surface area contributed by atoms with Crippen LogP contribution in [0.2, 0.25) is 0 Å². The third-order valence-electron chi connectivity index (χ3n) is 2.74. The third kappa shape index (κ3) is 4.59. The Bertz CT molecular complexity index is 682. The van der Waals surface area contributed by atoms with Gasteiger partial charge in [0, 0.05) is 10.0 Å². The molecule has 0 radical (unpaired) electrons. The number of ether oxygens (including phenoxy) is 1. The molecule has 0 fully saturated rings. The lowest BCUT2D eigenvalue weighted by Gasteiger charge is -2.01. The van der Waals surface area contributed by atoms with E-state index in [0.717, 1.165) is 10.0 Å². The summed E-state index contributed by atoms with van der Waals surface area (Å²) in [7, 11) is 0. The highest BCUT2D eigenvalue weighted by molar-refractivity contribution is 9.10. The van der Waals surface area contributed by atoms with Gasteiger partial charge in [-0.3, -0.25) is 4.79 Å². The highest BCUT2D eigenvalue weighted by Gasteiger charge is 2.01. The Hall–Kier alpha value is -2.38. The minimum atomic E-state index is -0.0488. The van der Waals surface area contributed by atoms with E-state index in [4.69, 9.17) is 10.00 Å². The quantitative estimate of drug-likeness (QED) is 0.603. The van der Waals surface area contributed by atoms with Gasteiger partial charge in [-0.1, -0.05) is 34.1 Å². The second-order valence-electron chi connectivity index (χ2n) is 4.22. The summed E-state index contributed by atoms with van der Waals surface area (Å²) in [6.45, 7) is 0.0250. The molecule has 0 aromatic heterocycles. The average Bonchev–Trinajstić information content (AvgIpc) is 2.52. The zero-order valence-corrected chi connectivity index (χ0v) is 12.7. The fraction of sp³-hybridized carbons (Fsp3) is 0.0588. The molecule has 0 saturated carbocycles. The van der Waals surface area contributed by atoms with Gasteiger partial charge in [0.25, 0.3) is 0 Å². The number of ketones is 1. The van der Waals surface area contributed by atoms with E-state index in [2.05, 4.69) is 15.9 Å². The summed E-state index contributed by atoms with van der Waals surface area (Å²) in [5.41, 5.74) is 1.54. The molecule has 2 aromatic rings. The van der Waals surface area contributed by atoms with Crippen LogP contribution in [0.1, 0.15) is 15.9 Å². The van der Waals surface area contributed by atoms with Gasteiger partial charge >= 0.3 is 0 Å². The monoisotopic (exact) mass is 341 g/mol. The molecule has 104 valence electrons. The van der Waals surface area contributed by atoms with Gasteiger partial charge in [0.15, 0.2) is 12.4 Å². The number of nitriles is 1. The van der Waals surface area contributed by atoms with Gasteiger partial charge in [0.1, 0.15) is 11.8 Å². The molecule has 0 N–H and O–H groups in total. The van der Waals surface area contributed by atoms with Crippen molar-refractivity contribution in [3.63, 3.8) is 0 Å². The van der Waals surface area contributed by atoms with E-state index in [0.29, 0.717) is 11.3 Å². The molecule has 0 amide bonds. The highest BCUT2D eigenvalue weighted by Crippen LogP contribution is 2.14. The maximum absolute atomic E-state index is 12.0. The molecule has 0 unspecified atom stereocenters. The first-order valence-corrected chi connectivity index (χ1v) is 7.06.